The highest BCUT2D eigenvalue weighted by molar-refractivity contribution is 5.47. The van der Waals surface area contributed by atoms with Gasteiger partial charge in [-0.25, -0.2) is 4.98 Å². The Hall–Kier alpha value is -1.39. The molecule has 2 aromatic heterocycles. The molecule has 4 nitrogen and oxygen atoms in total. The molecular weight excluding hydrogens is 236 g/mol. The SMILES string of the molecule is Cc1cccn2cc(CN3CCCCC3CN)nc12. The first-order chi connectivity index (χ1) is 9.28. The van der Waals surface area contributed by atoms with E-state index in [1.54, 1.807) is 0 Å². The van der Waals surface area contributed by atoms with Crippen molar-refractivity contribution in [3.8, 4) is 0 Å². The number of pyridine rings is 1. The molecule has 19 heavy (non-hydrogen) atoms. The van der Waals surface area contributed by atoms with Gasteiger partial charge in [-0.2, -0.15) is 0 Å². The second-order valence-corrected chi connectivity index (χ2v) is 5.51. The lowest BCUT2D eigenvalue weighted by atomic mass is 10.0. The highest BCUT2D eigenvalue weighted by atomic mass is 15.2. The Bertz CT molecular complexity index is 560. The van der Waals surface area contributed by atoms with Crippen LogP contribution in [0.1, 0.15) is 30.5 Å². The van der Waals surface area contributed by atoms with Crippen LogP contribution < -0.4 is 5.73 Å². The molecule has 3 heterocycles. The molecule has 0 aromatic carbocycles. The number of rotatable bonds is 3. The van der Waals surface area contributed by atoms with Gasteiger partial charge in [-0.3, -0.25) is 4.90 Å². The number of nitrogens with zero attached hydrogens (tertiary/aromatic N) is 3. The molecule has 0 radical (unpaired) electrons. The molecule has 0 amide bonds. The van der Waals surface area contributed by atoms with Crippen LogP contribution in [0, 0.1) is 6.92 Å². The maximum atomic E-state index is 5.88. The second kappa shape index (κ2) is 5.31. The van der Waals surface area contributed by atoms with E-state index >= 15 is 0 Å². The van der Waals surface area contributed by atoms with Crippen LogP contribution in [-0.4, -0.2) is 33.4 Å². The number of imidazole rings is 1. The minimum atomic E-state index is 0.527. The molecule has 1 atom stereocenters. The van der Waals surface area contributed by atoms with Gasteiger partial charge in [0.05, 0.1) is 5.69 Å². The lowest BCUT2D eigenvalue weighted by Gasteiger charge is -2.34. The molecule has 0 aliphatic carbocycles. The number of nitrogens with two attached hydrogens (primary N) is 1. The average molecular weight is 258 g/mol. The van der Waals surface area contributed by atoms with Gasteiger partial charge in [0.25, 0.3) is 0 Å². The van der Waals surface area contributed by atoms with Gasteiger partial charge < -0.3 is 10.1 Å². The van der Waals surface area contributed by atoms with Crippen LogP contribution in [0.25, 0.3) is 5.65 Å². The van der Waals surface area contributed by atoms with Gasteiger partial charge in [-0.15, -0.1) is 0 Å². The number of fused-ring (bicyclic) bond motifs is 1. The van der Waals surface area contributed by atoms with Crippen molar-refractivity contribution >= 4 is 5.65 Å². The minimum Gasteiger partial charge on any atom is -0.329 e. The van der Waals surface area contributed by atoms with E-state index in [1.807, 2.05) is 0 Å². The zero-order chi connectivity index (χ0) is 13.2. The molecule has 0 saturated carbocycles. The van der Waals surface area contributed by atoms with E-state index in [2.05, 4.69) is 40.8 Å². The first kappa shape index (κ1) is 12.6. The second-order valence-electron chi connectivity index (χ2n) is 5.51. The van der Waals surface area contributed by atoms with Crippen LogP contribution in [-0.2, 0) is 6.54 Å². The van der Waals surface area contributed by atoms with Crippen LogP contribution in [0.2, 0.25) is 0 Å². The van der Waals surface area contributed by atoms with Gasteiger partial charge in [0, 0.05) is 31.5 Å². The molecule has 1 aliphatic heterocycles. The van der Waals surface area contributed by atoms with Crippen molar-refractivity contribution in [1.82, 2.24) is 14.3 Å². The van der Waals surface area contributed by atoms with Crippen molar-refractivity contribution < 1.29 is 0 Å². The van der Waals surface area contributed by atoms with E-state index in [9.17, 15) is 0 Å². The van der Waals surface area contributed by atoms with E-state index in [-0.39, 0.29) is 0 Å². The fourth-order valence-electron chi connectivity index (χ4n) is 3.02. The van der Waals surface area contributed by atoms with Crippen molar-refractivity contribution in [1.29, 1.82) is 0 Å². The van der Waals surface area contributed by atoms with Gasteiger partial charge in [-0.1, -0.05) is 12.5 Å². The van der Waals surface area contributed by atoms with Crippen molar-refractivity contribution in [2.45, 2.75) is 38.8 Å². The third-order valence-corrected chi connectivity index (χ3v) is 4.11. The lowest BCUT2D eigenvalue weighted by molar-refractivity contribution is 0.143. The van der Waals surface area contributed by atoms with Crippen LogP contribution in [0.3, 0.4) is 0 Å². The minimum absolute atomic E-state index is 0.527. The molecule has 4 heteroatoms. The quantitative estimate of drug-likeness (QED) is 0.915. The Balaban J connectivity index is 1.82. The van der Waals surface area contributed by atoms with Crippen LogP contribution in [0.15, 0.2) is 24.5 Å². The first-order valence-corrected chi connectivity index (χ1v) is 7.15. The van der Waals surface area contributed by atoms with E-state index < -0.39 is 0 Å². The molecule has 1 fully saturated rings. The van der Waals surface area contributed by atoms with Crippen molar-refractivity contribution in [3.05, 3.63) is 35.8 Å². The van der Waals surface area contributed by atoms with Gasteiger partial charge in [0.1, 0.15) is 5.65 Å². The monoisotopic (exact) mass is 258 g/mol. The van der Waals surface area contributed by atoms with Gasteiger partial charge in [-0.05, 0) is 37.9 Å². The Morgan fingerprint density at radius 2 is 2.32 bits per heavy atom. The van der Waals surface area contributed by atoms with E-state index in [0.717, 1.165) is 31.0 Å². The summed E-state index contributed by atoms with van der Waals surface area (Å²) in [7, 11) is 0. The summed E-state index contributed by atoms with van der Waals surface area (Å²) in [5, 5.41) is 0. The number of hydrogen-bond donors (Lipinski definition) is 1. The van der Waals surface area contributed by atoms with Crippen LogP contribution in [0.4, 0.5) is 0 Å². The van der Waals surface area contributed by atoms with Crippen molar-refractivity contribution in [3.63, 3.8) is 0 Å². The van der Waals surface area contributed by atoms with Crippen LogP contribution in [0.5, 0.6) is 0 Å². The third-order valence-electron chi connectivity index (χ3n) is 4.11. The summed E-state index contributed by atoms with van der Waals surface area (Å²) in [5.41, 5.74) is 9.32. The van der Waals surface area contributed by atoms with E-state index in [4.69, 9.17) is 10.7 Å². The zero-order valence-electron chi connectivity index (χ0n) is 11.5. The molecule has 0 spiro atoms. The van der Waals surface area contributed by atoms with E-state index in [1.165, 1.54) is 24.8 Å². The molecule has 2 aromatic rings. The lowest BCUT2D eigenvalue weighted by Crippen LogP contribution is -2.43. The molecule has 3 rings (SSSR count). The summed E-state index contributed by atoms with van der Waals surface area (Å²) in [5.74, 6) is 0. The zero-order valence-corrected chi connectivity index (χ0v) is 11.5. The Labute approximate surface area is 114 Å². The fraction of sp³-hybridized carbons (Fsp3) is 0.533. The maximum absolute atomic E-state index is 5.88. The number of hydrogen-bond acceptors (Lipinski definition) is 3. The van der Waals surface area contributed by atoms with Crippen molar-refractivity contribution in [2.75, 3.05) is 13.1 Å². The molecule has 2 N–H and O–H groups in total. The molecule has 0 bridgehead atoms. The van der Waals surface area contributed by atoms with Gasteiger partial charge >= 0.3 is 0 Å². The van der Waals surface area contributed by atoms with Crippen LogP contribution >= 0.6 is 0 Å². The Kier molecular flexibility index (Phi) is 3.53. The first-order valence-electron chi connectivity index (χ1n) is 7.15. The summed E-state index contributed by atoms with van der Waals surface area (Å²) in [6.07, 6.45) is 8.02. The Morgan fingerprint density at radius 3 is 3.11 bits per heavy atom. The summed E-state index contributed by atoms with van der Waals surface area (Å²) < 4.78 is 2.12. The predicted molar refractivity (Wildman–Crippen MR) is 77.0 cm³/mol. The third kappa shape index (κ3) is 2.51. The number of piperidine rings is 1. The average Bonchev–Trinajstić information content (AvgIpc) is 2.83. The van der Waals surface area contributed by atoms with Gasteiger partial charge in [0.15, 0.2) is 0 Å². The standard InChI is InChI=1S/C15H22N4/c1-12-5-4-8-19-11-13(17-15(12)19)10-18-7-3-2-6-14(18)9-16/h4-5,8,11,14H,2-3,6-7,9-10,16H2,1H3. The summed E-state index contributed by atoms with van der Waals surface area (Å²) >= 11 is 0. The van der Waals surface area contributed by atoms with E-state index in [0.29, 0.717) is 6.04 Å². The molecule has 1 saturated heterocycles. The molecular formula is C15H22N4. The molecule has 102 valence electrons. The highest BCUT2D eigenvalue weighted by Gasteiger charge is 2.21. The van der Waals surface area contributed by atoms with Gasteiger partial charge in [0.2, 0.25) is 0 Å². The molecule has 1 unspecified atom stereocenters. The number of aromatic nitrogens is 2. The summed E-state index contributed by atoms with van der Waals surface area (Å²) in [4.78, 5) is 7.24. The Morgan fingerprint density at radius 1 is 1.42 bits per heavy atom. The summed E-state index contributed by atoms with van der Waals surface area (Å²) in [6, 6.07) is 4.70. The number of aryl methyl sites for hydroxylation is 1. The largest absolute Gasteiger partial charge is 0.329 e. The maximum Gasteiger partial charge on any atom is 0.139 e. The normalized spacial score (nSPS) is 21.1. The smallest absolute Gasteiger partial charge is 0.139 e. The summed E-state index contributed by atoms with van der Waals surface area (Å²) in [6.45, 7) is 4.93. The number of likely N-dealkylation sites (tertiary alicyclic amines) is 1. The molecule has 1 aliphatic rings. The highest BCUT2D eigenvalue weighted by Crippen LogP contribution is 2.19. The fourth-order valence-corrected chi connectivity index (χ4v) is 3.02. The predicted octanol–water partition coefficient (Wildman–Crippen LogP) is 1.96. The topological polar surface area (TPSA) is 46.6 Å². The van der Waals surface area contributed by atoms with Crippen molar-refractivity contribution in [2.24, 2.45) is 5.73 Å².